The van der Waals surface area contributed by atoms with E-state index in [1.165, 1.54) is 5.56 Å². The molecule has 3 aliphatic rings. The van der Waals surface area contributed by atoms with Gasteiger partial charge < -0.3 is 30.7 Å². The molecule has 2 amide bonds. The molecule has 212 valence electrons. The first-order valence-corrected chi connectivity index (χ1v) is 14.0. The quantitative estimate of drug-likeness (QED) is 0.422. The highest BCUT2D eigenvalue weighted by atomic mass is 16.5. The van der Waals surface area contributed by atoms with Crippen LogP contribution in [0.3, 0.4) is 0 Å². The third-order valence-electron chi connectivity index (χ3n) is 9.00. The Morgan fingerprint density at radius 1 is 1.25 bits per heavy atom. The molecule has 3 atom stereocenters. The van der Waals surface area contributed by atoms with Crippen molar-refractivity contribution in [3.05, 3.63) is 41.6 Å². The Hall–Kier alpha value is -3.93. The number of nitrogens with one attached hydrogen (secondary N) is 1. The molecule has 2 saturated heterocycles. The number of primary amides is 1. The van der Waals surface area contributed by atoms with Crippen molar-refractivity contribution in [1.82, 2.24) is 25.1 Å². The Bertz CT molecular complexity index is 1430. The first-order chi connectivity index (χ1) is 19.3. The van der Waals surface area contributed by atoms with Gasteiger partial charge in [0.15, 0.2) is 23.2 Å². The molecule has 0 bridgehead atoms. The number of piperidine rings is 1. The number of carboxylic acid groups (broad SMARTS) is 1. The molecule has 40 heavy (non-hydrogen) atoms. The molecule has 0 radical (unpaired) electrons. The molecule has 3 aromatic rings. The first-order valence-electron chi connectivity index (χ1n) is 14.0. The zero-order chi connectivity index (χ0) is 28.0. The van der Waals surface area contributed by atoms with Crippen molar-refractivity contribution >= 4 is 34.8 Å². The van der Waals surface area contributed by atoms with E-state index in [2.05, 4.69) is 16.3 Å². The summed E-state index contributed by atoms with van der Waals surface area (Å²) in [6, 6.07) is 7.34. The molecular weight excluding hydrogens is 512 g/mol. The Morgan fingerprint density at radius 2 is 2.02 bits per heavy atom. The molecule has 2 fully saturated rings. The second-order valence-electron chi connectivity index (χ2n) is 11.3. The lowest BCUT2D eigenvalue weighted by Crippen LogP contribution is -2.47. The topological polar surface area (TPSA) is 152 Å². The van der Waals surface area contributed by atoms with E-state index < -0.39 is 18.0 Å². The van der Waals surface area contributed by atoms with Gasteiger partial charge in [-0.15, -0.1) is 5.10 Å². The van der Waals surface area contributed by atoms with Crippen molar-refractivity contribution in [1.29, 1.82) is 0 Å². The van der Waals surface area contributed by atoms with Crippen molar-refractivity contribution in [2.75, 3.05) is 36.5 Å². The number of nitrogens with zero attached hydrogens (tertiary/aromatic N) is 6. The van der Waals surface area contributed by atoms with E-state index in [1.807, 2.05) is 18.2 Å². The highest BCUT2D eigenvalue weighted by Gasteiger charge is 2.48. The maximum Gasteiger partial charge on any atom is 0.405 e. The van der Waals surface area contributed by atoms with E-state index in [0.717, 1.165) is 63.0 Å². The third kappa shape index (κ3) is 4.49. The number of aromatic nitrogens is 4. The lowest BCUT2D eigenvalue weighted by Gasteiger charge is -2.43. The number of carbonyl (C=O) groups excluding carboxylic acids is 1. The minimum absolute atomic E-state index is 0.172. The number of benzene rings is 1. The molecule has 1 aromatic carbocycles. The summed E-state index contributed by atoms with van der Waals surface area (Å²) in [5.74, 6) is 0.837. The number of carbonyl (C=O) groups is 2. The van der Waals surface area contributed by atoms with E-state index >= 15 is 0 Å². The van der Waals surface area contributed by atoms with Crippen LogP contribution in [0.5, 0.6) is 0 Å². The van der Waals surface area contributed by atoms with Gasteiger partial charge in [-0.3, -0.25) is 4.79 Å². The van der Waals surface area contributed by atoms with Gasteiger partial charge >= 0.3 is 6.09 Å². The summed E-state index contributed by atoms with van der Waals surface area (Å²) in [6.07, 6.45) is 5.87. The number of ether oxygens (including phenoxy) is 1. The van der Waals surface area contributed by atoms with Crippen LogP contribution in [0.1, 0.15) is 62.4 Å². The van der Waals surface area contributed by atoms with Gasteiger partial charge in [0.25, 0.3) is 0 Å². The van der Waals surface area contributed by atoms with E-state index in [9.17, 15) is 14.7 Å². The van der Waals surface area contributed by atoms with Crippen LogP contribution in [0.15, 0.2) is 30.5 Å². The number of rotatable bonds is 6. The average Bonchev–Trinajstić information content (AvgIpc) is 3.48. The highest BCUT2D eigenvalue weighted by Crippen LogP contribution is 2.52. The Kier molecular flexibility index (Phi) is 6.73. The van der Waals surface area contributed by atoms with Crippen LogP contribution in [0.25, 0.3) is 11.2 Å². The van der Waals surface area contributed by atoms with Gasteiger partial charge in [0.2, 0.25) is 5.91 Å². The van der Waals surface area contributed by atoms with Crippen LogP contribution in [0.2, 0.25) is 0 Å². The van der Waals surface area contributed by atoms with E-state index in [0.29, 0.717) is 23.6 Å². The van der Waals surface area contributed by atoms with Crippen molar-refractivity contribution in [3.8, 4) is 0 Å². The number of amides is 2. The lowest BCUT2D eigenvalue weighted by molar-refractivity contribution is -0.118. The number of fused-ring (bicyclic) bond motifs is 2. The molecule has 1 spiro atoms. The molecule has 12 nitrogen and oxygen atoms in total. The van der Waals surface area contributed by atoms with Crippen LogP contribution in [0, 0.1) is 5.41 Å². The van der Waals surface area contributed by atoms with Gasteiger partial charge in [0.05, 0.1) is 12.2 Å². The van der Waals surface area contributed by atoms with Crippen molar-refractivity contribution in [3.63, 3.8) is 0 Å². The SMILES string of the molecule is C[C@@H](C(N)=O)N(C)c1nn(C2CCCCO2)c2nc(N3CCC4(CC3)Cc3ccccc3[C@H]4NC(=O)O)cnc12. The van der Waals surface area contributed by atoms with Crippen molar-refractivity contribution in [2.45, 2.75) is 63.8 Å². The Morgan fingerprint density at radius 3 is 2.73 bits per heavy atom. The van der Waals surface area contributed by atoms with Gasteiger partial charge in [0, 0.05) is 32.2 Å². The molecule has 6 rings (SSSR count). The Labute approximate surface area is 232 Å². The molecule has 2 aliphatic heterocycles. The summed E-state index contributed by atoms with van der Waals surface area (Å²) in [5.41, 5.74) is 8.92. The fourth-order valence-electron chi connectivity index (χ4n) is 6.56. The summed E-state index contributed by atoms with van der Waals surface area (Å²) in [5, 5.41) is 17.2. The fourth-order valence-corrected chi connectivity index (χ4v) is 6.56. The van der Waals surface area contributed by atoms with Gasteiger partial charge in [-0.2, -0.15) is 0 Å². The fraction of sp³-hybridized carbons (Fsp3) is 0.536. The van der Waals surface area contributed by atoms with Crippen LogP contribution in [-0.4, -0.2) is 69.6 Å². The molecule has 0 saturated carbocycles. The minimum atomic E-state index is -0.996. The number of nitrogens with two attached hydrogens (primary N) is 1. The minimum Gasteiger partial charge on any atom is -0.465 e. The molecule has 4 heterocycles. The zero-order valence-electron chi connectivity index (χ0n) is 22.9. The van der Waals surface area contributed by atoms with Gasteiger partial charge in [-0.05, 0) is 56.6 Å². The summed E-state index contributed by atoms with van der Waals surface area (Å²) >= 11 is 0. The lowest BCUT2D eigenvalue weighted by atomic mass is 9.72. The molecule has 1 aliphatic carbocycles. The number of hydrogen-bond acceptors (Lipinski definition) is 8. The van der Waals surface area contributed by atoms with Crippen LogP contribution >= 0.6 is 0 Å². The summed E-state index contributed by atoms with van der Waals surface area (Å²) < 4.78 is 7.85. The number of likely N-dealkylation sites (N-methyl/N-ethyl adjacent to an activating group) is 1. The van der Waals surface area contributed by atoms with Crippen molar-refractivity contribution < 1.29 is 19.4 Å². The van der Waals surface area contributed by atoms with Crippen molar-refractivity contribution in [2.24, 2.45) is 11.1 Å². The molecule has 1 unspecified atom stereocenters. The third-order valence-corrected chi connectivity index (χ3v) is 9.00. The van der Waals surface area contributed by atoms with E-state index in [4.69, 9.17) is 25.5 Å². The second-order valence-corrected chi connectivity index (χ2v) is 11.3. The predicted molar refractivity (Wildman–Crippen MR) is 149 cm³/mol. The van der Waals surface area contributed by atoms with Gasteiger partial charge in [-0.25, -0.2) is 19.4 Å². The maximum atomic E-state index is 11.9. The van der Waals surface area contributed by atoms with Crippen LogP contribution in [-0.2, 0) is 16.0 Å². The Balaban J connectivity index is 1.30. The van der Waals surface area contributed by atoms with E-state index in [-0.39, 0.29) is 17.7 Å². The van der Waals surface area contributed by atoms with Crippen LogP contribution in [0.4, 0.5) is 16.4 Å². The smallest absolute Gasteiger partial charge is 0.405 e. The highest BCUT2D eigenvalue weighted by molar-refractivity contribution is 5.89. The van der Waals surface area contributed by atoms with Gasteiger partial charge in [0.1, 0.15) is 11.9 Å². The monoisotopic (exact) mass is 548 g/mol. The number of hydrogen-bond donors (Lipinski definition) is 3. The first kappa shape index (κ1) is 26.3. The summed E-state index contributed by atoms with van der Waals surface area (Å²) in [6.45, 7) is 3.85. The second kappa shape index (κ2) is 10.2. The van der Waals surface area contributed by atoms with E-state index in [1.54, 1.807) is 29.7 Å². The standard InChI is InChI=1S/C28H36N8O4/c1-17(24(29)37)34(2)26-22-25(36(33-26)21-9-5-6-14-40-21)31-20(16-30-22)35-12-10-28(11-13-35)15-18-7-3-4-8-19(18)23(28)32-27(38)39/h3-4,7-8,16-17,21,23,32H,5-6,9-15H2,1-2H3,(H2,29,37)(H,38,39)/t17-,21?,23+/m0/s1. The zero-order valence-corrected chi connectivity index (χ0v) is 22.9. The maximum absolute atomic E-state index is 11.9. The predicted octanol–water partition coefficient (Wildman–Crippen LogP) is 2.99. The summed E-state index contributed by atoms with van der Waals surface area (Å²) in [7, 11) is 1.78. The molecule has 4 N–H and O–H groups in total. The van der Waals surface area contributed by atoms with Gasteiger partial charge in [-0.1, -0.05) is 24.3 Å². The molecule has 2 aromatic heterocycles. The largest absolute Gasteiger partial charge is 0.465 e. The average molecular weight is 549 g/mol. The molecular formula is C28H36N8O4. The molecule has 12 heteroatoms. The number of anilines is 2. The normalized spacial score (nSPS) is 22.7. The summed E-state index contributed by atoms with van der Waals surface area (Å²) in [4.78, 5) is 37.4. The van der Waals surface area contributed by atoms with Crippen LogP contribution < -0.4 is 20.9 Å².